The predicted molar refractivity (Wildman–Crippen MR) is 88.8 cm³/mol. The smallest absolute Gasteiger partial charge is 0.227 e. The molecule has 1 fully saturated rings. The number of benzene rings is 1. The lowest BCUT2D eigenvalue weighted by molar-refractivity contribution is -0.130. The first kappa shape index (κ1) is 14.4. The summed E-state index contributed by atoms with van der Waals surface area (Å²) in [5, 5.41) is 1.15. The average Bonchev–Trinajstić information content (AvgIpc) is 2.52. The van der Waals surface area contributed by atoms with E-state index in [0.29, 0.717) is 6.42 Å². The van der Waals surface area contributed by atoms with E-state index in [1.54, 1.807) is 0 Å². The fourth-order valence-corrected chi connectivity index (χ4v) is 3.81. The molecule has 0 aliphatic carbocycles. The van der Waals surface area contributed by atoms with E-state index in [1.165, 1.54) is 5.56 Å². The van der Waals surface area contributed by atoms with Crippen molar-refractivity contribution in [2.45, 2.75) is 20.3 Å². The summed E-state index contributed by atoms with van der Waals surface area (Å²) in [6, 6.07) is 8.15. The van der Waals surface area contributed by atoms with Gasteiger partial charge in [-0.1, -0.05) is 18.2 Å². The third-order valence-corrected chi connectivity index (χ3v) is 5.12. The number of carbonyl (C=O) groups excluding carboxylic acids is 1. The lowest BCUT2D eigenvalue weighted by Crippen LogP contribution is -2.39. The summed E-state index contributed by atoms with van der Waals surface area (Å²) in [4.78, 5) is 19.1. The zero-order valence-electron chi connectivity index (χ0n) is 12.6. The molecule has 21 heavy (non-hydrogen) atoms. The number of amides is 1. The summed E-state index contributed by atoms with van der Waals surface area (Å²) in [5.41, 5.74) is 4.28. The Hall–Kier alpha value is -1.55. The molecule has 1 aromatic heterocycles. The Kier molecular flexibility index (Phi) is 4.15. The van der Waals surface area contributed by atoms with Crippen LogP contribution in [0.25, 0.3) is 10.9 Å². The van der Waals surface area contributed by atoms with Gasteiger partial charge in [0.2, 0.25) is 5.91 Å². The van der Waals surface area contributed by atoms with E-state index in [4.69, 9.17) is 0 Å². The van der Waals surface area contributed by atoms with Crippen molar-refractivity contribution >= 4 is 28.6 Å². The number of thioether (sulfide) groups is 1. The van der Waals surface area contributed by atoms with Crippen LogP contribution >= 0.6 is 11.8 Å². The third kappa shape index (κ3) is 2.91. The van der Waals surface area contributed by atoms with E-state index in [9.17, 15) is 4.79 Å². The van der Waals surface area contributed by atoms with Crippen molar-refractivity contribution in [1.82, 2.24) is 9.88 Å². The van der Waals surface area contributed by atoms with E-state index < -0.39 is 0 Å². The number of fused-ring (bicyclic) bond motifs is 1. The number of rotatable bonds is 2. The van der Waals surface area contributed by atoms with Gasteiger partial charge in [0.1, 0.15) is 0 Å². The quantitative estimate of drug-likeness (QED) is 0.855. The van der Waals surface area contributed by atoms with E-state index in [0.717, 1.165) is 46.8 Å². The van der Waals surface area contributed by atoms with Gasteiger partial charge in [-0.05, 0) is 31.0 Å². The predicted octanol–water partition coefficient (Wildman–Crippen LogP) is 2.97. The van der Waals surface area contributed by atoms with Crippen LogP contribution in [0.4, 0.5) is 0 Å². The number of aryl methyl sites for hydroxylation is 2. The number of aromatic nitrogens is 1. The maximum Gasteiger partial charge on any atom is 0.227 e. The molecule has 0 unspecified atom stereocenters. The second-order valence-corrected chi connectivity index (χ2v) is 6.71. The van der Waals surface area contributed by atoms with Gasteiger partial charge in [0, 0.05) is 35.7 Å². The summed E-state index contributed by atoms with van der Waals surface area (Å²) >= 11 is 1.92. The maximum atomic E-state index is 12.5. The Balaban J connectivity index is 1.91. The minimum absolute atomic E-state index is 0.235. The summed E-state index contributed by atoms with van der Waals surface area (Å²) in [6.07, 6.45) is 0.472. The summed E-state index contributed by atoms with van der Waals surface area (Å²) in [6.45, 7) is 5.87. The molecule has 0 N–H and O–H groups in total. The number of nitrogens with zero attached hydrogens (tertiary/aromatic N) is 2. The molecular weight excluding hydrogens is 280 g/mol. The van der Waals surface area contributed by atoms with E-state index in [-0.39, 0.29) is 5.91 Å². The maximum absolute atomic E-state index is 12.5. The van der Waals surface area contributed by atoms with E-state index in [1.807, 2.05) is 41.8 Å². The number of hydrogen-bond acceptors (Lipinski definition) is 3. The Morgan fingerprint density at radius 1 is 1.24 bits per heavy atom. The highest BCUT2D eigenvalue weighted by Gasteiger charge is 2.19. The zero-order valence-corrected chi connectivity index (χ0v) is 13.4. The van der Waals surface area contributed by atoms with Crippen molar-refractivity contribution in [1.29, 1.82) is 0 Å². The standard InChI is InChI=1S/C17H20N2OS/c1-12-14-5-3-4-6-16(14)18-13(2)15(12)11-17(20)19-7-9-21-10-8-19/h3-6H,7-11H2,1-2H3. The second-order valence-electron chi connectivity index (χ2n) is 5.49. The lowest BCUT2D eigenvalue weighted by Gasteiger charge is -2.27. The van der Waals surface area contributed by atoms with Gasteiger partial charge in [-0.3, -0.25) is 9.78 Å². The Bertz CT molecular complexity index is 678. The van der Waals surface area contributed by atoms with Crippen LogP contribution in [0.15, 0.2) is 24.3 Å². The molecule has 1 saturated heterocycles. The fraction of sp³-hybridized carbons (Fsp3) is 0.412. The van der Waals surface area contributed by atoms with Crippen molar-refractivity contribution in [2.24, 2.45) is 0 Å². The highest BCUT2D eigenvalue weighted by molar-refractivity contribution is 7.99. The number of pyridine rings is 1. The molecule has 2 aromatic rings. The second kappa shape index (κ2) is 6.06. The molecule has 1 aromatic carbocycles. The number of carbonyl (C=O) groups is 1. The first-order valence-corrected chi connectivity index (χ1v) is 8.52. The zero-order chi connectivity index (χ0) is 14.8. The lowest BCUT2D eigenvalue weighted by atomic mass is 9.99. The van der Waals surface area contributed by atoms with Crippen LogP contribution < -0.4 is 0 Å². The molecule has 0 spiro atoms. The molecule has 1 amide bonds. The van der Waals surface area contributed by atoms with Crippen molar-refractivity contribution in [3.63, 3.8) is 0 Å². The molecule has 1 aliphatic rings. The van der Waals surface area contributed by atoms with Crippen molar-refractivity contribution < 1.29 is 4.79 Å². The SMILES string of the molecule is Cc1nc2ccccc2c(C)c1CC(=O)N1CCSCC1. The first-order valence-electron chi connectivity index (χ1n) is 7.37. The first-order chi connectivity index (χ1) is 10.2. The monoisotopic (exact) mass is 300 g/mol. The van der Waals surface area contributed by atoms with Gasteiger partial charge in [0.15, 0.2) is 0 Å². The van der Waals surface area contributed by atoms with Crippen molar-refractivity contribution in [2.75, 3.05) is 24.6 Å². The highest BCUT2D eigenvalue weighted by atomic mass is 32.2. The van der Waals surface area contributed by atoms with Gasteiger partial charge in [0.05, 0.1) is 11.9 Å². The molecule has 3 nitrogen and oxygen atoms in total. The van der Waals surface area contributed by atoms with Gasteiger partial charge in [-0.2, -0.15) is 11.8 Å². The van der Waals surface area contributed by atoms with Crippen LogP contribution in [0.3, 0.4) is 0 Å². The molecule has 1 aliphatic heterocycles. The fourth-order valence-electron chi connectivity index (χ4n) is 2.91. The molecule has 4 heteroatoms. The van der Waals surface area contributed by atoms with Crippen LogP contribution in [0.2, 0.25) is 0 Å². The van der Waals surface area contributed by atoms with Crippen LogP contribution in [0.1, 0.15) is 16.8 Å². The third-order valence-electron chi connectivity index (χ3n) is 4.18. The topological polar surface area (TPSA) is 33.2 Å². The Morgan fingerprint density at radius 3 is 2.71 bits per heavy atom. The molecule has 0 atom stereocenters. The molecule has 0 saturated carbocycles. The molecule has 0 bridgehead atoms. The normalized spacial score (nSPS) is 15.4. The molecule has 0 radical (unpaired) electrons. The number of para-hydroxylation sites is 1. The van der Waals surface area contributed by atoms with E-state index in [2.05, 4.69) is 18.0 Å². The van der Waals surface area contributed by atoms with Gasteiger partial charge in [-0.25, -0.2) is 0 Å². The molecule has 110 valence electrons. The van der Waals surface area contributed by atoms with Gasteiger partial charge >= 0.3 is 0 Å². The van der Waals surface area contributed by atoms with Crippen LogP contribution in [-0.2, 0) is 11.2 Å². The summed E-state index contributed by atoms with van der Waals surface area (Å²) in [5.74, 6) is 2.35. The average molecular weight is 300 g/mol. The van der Waals surface area contributed by atoms with Crippen LogP contribution in [0, 0.1) is 13.8 Å². The molecular formula is C17H20N2OS. The number of hydrogen-bond donors (Lipinski definition) is 0. The van der Waals surface area contributed by atoms with Gasteiger partial charge in [0.25, 0.3) is 0 Å². The minimum Gasteiger partial charge on any atom is -0.341 e. The largest absolute Gasteiger partial charge is 0.341 e. The van der Waals surface area contributed by atoms with Crippen LogP contribution in [0.5, 0.6) is 0 Å². The van der Waals surface area contributed by atoms with Gasteiger partial charge < -0.3 is 4.90 Å². The summed E-state index contributed by atoms with van der Waals surface area (Å²) < 4.78 is 0. The molecule has 3 rings (SSSR count). The van der Waals surface area contributed by atoms with Crippen molar-refractivity contribution in [3.05, 3.63) is 41.1 Å². The Morgan fingerprint density at radius 2 is 1.95 bits per heavy atom. The minimum atomic E-state index is 0.235. The summed E-state index contributed by atoms with van der Waals surface area (Å²) in [7, 11) is 0. The van der Waals surface area contributed by atoms with Crippen molar-refractivity contribution in [3.8, 4) is 0 Å². The Labute approximate surface area is 129 Å². The van der Waals surface area contributed by atoms with Crippen LogP contribution in [-0.4, -0.2) is 40.4 Å². The van der Waals surface area contributed by atoms with Gasteiger partial charge in [-0.15, -0.1) is 0 Å². The van der Waals surface area contributed by atoms with E-state index >= 15 is 0 Å². The highest BCUT2D eigenvalue weighted by Crippen LogP contribution is 2.23. The molecule has 2 heterocycles.